The summed E-state index contributed by atoms with van der Waals surface area (Å²) in [6, 6.07) is 1.54. The van der Waals surface area contributed by atoms with Crippen molar-refractivity contribution in [2.45, 2.75) is 45.3 Å². The van der Waals surface area contributed by atoms with Gasteiger partial charge in [0.2, 0.25) is 0 Å². The predicted molar refractivity (Wildman–Crippen MR) is 91.9 cm³/mol. The monoisotopic (exact) mass is 399 g/mol. The van der Waals surface area contributed by atoms with E-state index in [-0.39, 0.29) is 17.8 Å². The second-order valence-corrected chi connectivity index (χ2v) is 7.46. The van der Waals surface area contributed by atoms with Crippen molar-refractivity contribution < 1.29 is 19.1 Å². The van der Waals surface area contributed by atoms with E-state index < -0.39 is 11.5 Å². The van der Waals surface area contributed by atoms with Crippen molar-refractivity contribution in [3.63, 3.8) is 0 Å². The minimum Gasteiger partial charge on any atom is -0.488 e. The van der Waals surface area contributed by atoms with Crippen LogP contribution in [0.2, 0.25) is 0 Å². The van der Waals surface area contributed by atoms with E-state index in [1.807, 2.05) is 20.8 Å². The summed E-state index contributed by atoms with van der Waals surface area (Å²) in [7, 11) is 0. The average molecular weight is 400 g/mol. The third-order valence-corrected chi connectivity index (χ3v) is 3.92. The minimum absolute atomic E-state index is 0.107. The second kappa shape index (κ2) is 7.38. The lowest BCUT2D eigenvalue weighted by atomic mass is 10.1. The third kappa shape index (κ3) is 5.09. The van der Waals surface area contributed by atoms with Gasteiger partial charge in [0.15, 0.2) is 5.75 Å². The molecular formula is C16H22BrN3O4. The molecule has 1 saturated heterocycles. The van der Waals surface area contributed by atoms with Gasteiger partial charge >= 0.3 is 6.09 Å². The Hall–Kier alpha value is -1.83. The number of hydrogen-bond acceptors (Lipinski definition) is 5. The maximum Gasteiger partial charge on any atom is 0.410 e. The highest BCUT2D eigenvalue weighted by Gasteiger charge is 2.28. The summed E-state index contributed by atoms with van der Waals surface area (Å²) >= 11 is 3.20. The van der Waals surface area contributed by atoms with Crippen LogP contribution < -0.4 is 10.5 Å². The van der Waals surface area contributed by atoms with Gasteiger partial charge in [-0.3, -0.25) is 4.79 Å². The first-order valence-electron chi connectivity index (χ1n) is 7.75. The van der Waals surface area contributed by atoms with Crippen LogP contribution in [0.15, 0.2) is 16.9 Å². The molecule has 2 N–H and O–H groups in total. The molecule has 1 aromatic heterocycles. The molecule has 24 heavy (non-hydrogen) atoms. The predicted octanol–water partition coefficient (Wildman–Crippen LogP) is 2.72. The van der Waals surface area contributed by atoms with E-state index >= 15 is 0 Å². The van der Waals surface area contributed by atoms with E-state index in [9.17, 15) is 9.59 Å². The van der Waals surface area contributed by atoms with Gasteiger partial charge in [0.25, 0.3) is 5.91 Å². The zero-order valence-corrected chi connectivity index (χ0v) is 15.6. The number of hydrogen-bond donors (Lipinski definition) is 1. The number of amides is 2. The van der Waals surface area contributed by atoms with Crippen molar-refractivity contribution in [2.75, 3.05) is 13.1 Å². The summed E-state index contributed by atoms with van der Waals surface area (Å²) < 4.78 is 11.8. The molecule has 1 aromatic rings. The molecule has 0 unspecified atom stereocenters. The molecule has 0 aromatic carbocycles. The van der Waals surface area contributed by atoms with Crippen molar-refractivity contribution in [1.82, 2.24) is 9.88 Å². The Labute approximate surface area is 149 Å². The van der Waals surface area contributed by atoms with Crippen LogP contribution in [-0.4, -0.2) is 46.7 Å². The molecule has 2 amide bonds. The molecule has 1 aliphatic rings. The van der Waals surface area contributed by atoms with Gasteiger partial charge in [0.05, 0.1) is 11.8 Å². The number of nitrogens with two attached hydrogens (primary N) is 1. The van der Waals surface area contributed by atoms with Crippen LogP contribution in [0.25, 0.3) is 0 Å². The summed E-state index contributed by atoms with van der Waals surface area (Å²) in [5.74, 6) is -0.208. The summed E-state index contributed by atoms with van der Waals surface area (Å²) in [5, 5.41) is 0. The van der Waals surface area contributed by atoms with Gasteiger partial charge in [-0.15, -0.1) is 0 Å². The number of aromatic nitrogens is 1. The number of carbonyl (C=O) groups is 2. The second-order valence-electron chi connectivity index (χ2n) is 6.65. The Bertz CT molecular complexity index is 622. The summed E-state index contributed by atoms with van der Waals surface area (Å²) in [4.78, 5) is 29.3. The van der Waals surface area contributed by atoms with Gasteiger partial charge in [-0.2, -0.15) is 0 Å². The van der Waals surface area contributed by atoms with Crippen molar-refractivity contribution >= 4 is 27.9 Å². The van der Waals surface area contributed by atoms with Gasteiger partial charge in [0.1, 0.15) is 16.3 Å². The third-order valence-electron chi connectivity index (χ3n) is 3.49. The first kappa shape index (κ1) is 18.5. The number of nitrogens with zero attached hydrogens (tertiary/aromatic N) is 2. The zero-order valence-electron chi connectivity index (χ0n) is 14.0. The van der Waals surface area contributed by atoms with Gasteiger partial charge in [-0.05, 0) is 42.8 Å². The van der Waals surface area contributed by atoms with Crippen LogP contribution in [0.3, 0.4) is 0 Å². The highest BCUT2D eigenvalue weighted by atomic mass is 79.9. The molecule has 0 bridgehead atoms. The largest absolute Gasteiger partial charge is 0.488 e. The molecular weight excluding hydrogens is 378 g/mol. The van der Waals surface area contributed by atoms with Crippen molar-refractivity contribution in [3.05, 3.63) is 22.4 Å². The lowest BCUT2D eigenvalue weighted by molar-refractivity contribution is 0.0126. The van der Waals surface area contributed by atoms with Crippen LogP contribution in [0.4, 0.5) is 4.79 Å². The smallest absolute Gasteiger partial charge is 0.410 e. The van der Waals surface area contributed by atoms with Gasteiger partial charge in [-0.25, -0.2) is 9.78 Å². The van der Waals surface area contributed by atoms with Gasteiger partial charge < -0.3 is 20.1 Å². The molecule has 8 heteroatoms. The topological polar surface area (TPSA) is 94.8 Å². The summed E-state index contributed by atoms with van der Waals surface area (Å²) in [5.41, 5.74) is 5.15. The number of primary amides is 1. The molecule has 2 heterocycles. The Kier molecular flexibility index (Phi) is 5.69. The lowest BCUT2D eigenvalue weighted by Gasteiger charge is -2.33. The first-order valence-corrected chi connectivity index (χ1v) is 8.55. The summed E-state index contributed by atoms with van der Waals surface area (Å²) in [6.45, 7) is 6.59. The van der Waals surface area contributed by atoms with E-state index in [4.69, 9.17) is 15.2 Å². The SMILES string of the molecule is CC(C)(C)OC(=O)N1CCC(Oc2cnc(Br)cc2C(N)=O)CC1. The maximum atomic E-state index is 12.0. The van der Waals surface area contributed by atoms with E-state index in [1.165, 1.54) is 12.3 Å². The molecule has 7 nitrogen and oxygen atoms in total. The van der Waals surface area contributed by atoms with E-state index in [0.717, 1.165) is 0 Å². The molecule has 0 radical (unpaired) electrons. The standard InChI is InChI=1S/C16H22BrN3O4/c1-16(2,3)24-15(22)20-6-4-10(5-7-20)23-12-9-19-13(17)8-11(12)14(18)21/h8-10H,4-7H2,1-3H3,(H2,18,21). The number of carbonyl (C=O) groups excluding carboxylic acids is 2. The van der Waals surface area contributed by atoms with Crippen molar-refractivity contribution in [1.29, 1.82) is 0 Å². The fourth-order valence-corrected chi connectivity index (χ4v) is 2.70. The van der Waals surface area contributed by atoms with Crippen LogP contribution in [0, 0.1) is 0 Å². The van der Waals surface area contributed by atoms with Crippen LogP contribution >= 0.6 is 15.9 Å². The number of ether oxygens (including phenoxy) is 2. The molecule has 132 valence electrons. The fourth-order valence-electron chi connectivity index (χ4n) is 2.37. The number of likely N-dealkylation sites (tertiary alicyclic amines) is 1. The van der Waals surface area contributed by atoms with Gasteiger partial charge in [-0.1, -0.05) is 0 Å². The molecule has 0 atom stereocenters. The van der Waals surface area contributed by atoms with E-state index in [0.29, 0.717) is 36.3 Å². The van der Waals surface area contributed by atoms with Crippen molar-refractivity contribution in [2.24, 2.45) is 5.73 Å². The Morgan fingerprint density at radius 3 is 2.50 bits per heavy atom. The summed E-state index contributed by atoms with van der Waals surface area (Å²) in [6.07, 6.45) is 2.35. The Morgan fingerprint density at radius 2 is 1.96 bits per heavy atom. The molecule has 0 aliphatic carbocycles. The molecule has 0 spiro atoms. The number of pyridine rings is 1. The Morgan fingerprint density at radius 1 is 1.33 bits per heavy atom. The molecule has 0 saturated carbocycles. The molecule has 1 fully saturated rings. The van der Waals surface area contributed by atoms with Crippen LogP contribution in [-0.2, 0) is 4.74 Å². The first-order chi connectivity index (χ1) is 11.2. The fraction of sp³-hybridized carbons (Fsp3) is 0.562. The van der Waals surface area contributed by atoms with Gasteiger partial charge in [0, 0.05) is 25.9 Å². The molecule has 2 rings (SSSR count). The number of halogens is 1. The highest BCUT2D eigenvalue weighted by molar-refractivity contribution is 9.10. The van der Waals surface area contributed by atoms with Crippen LogP contribution in [0.1, 0.15) is 44.0 Å². The number of rotatable bonds is 3. The quantitative estimate of drug-likeness (QED) is 0.788. The highest BCUT2D eigenvalue weighted by Crippen LogP contribution is 2.25. The molecule has 1 aliphatic heterocycles. The normalized spacial score (nSPS) is 15.9. The number of piperidine rings is 1. The van der Waals surface area contributed by atoms with E-state index in [1.54, 1.807) is 4.90 Å². The zero-order chi connectivity index (χ0) is 17.9. The van der Waals surface area contributed by atoms with E-state index in [2.05, 4.69) is 20.9 Å². The maximum absolute atomic E-state index is 12.0. The minimum atomic E-state index is -0.570. The Balaban J connectivity index is 1.94. The van der Waals surface area contributed by atoms with Crippen LogP contribution in [0.5, 0.6) is 5.75 Å². The lowest BCUT2D eigenvalue weighted by Crippen LogP contribution is -2.44. The van der Waals surface area contributed by atoms with Crippen molar-refractivity contribution in [3.8, 4) is 5.75 Å². The average Bonchev–Trinajstić information content (AvgIpc) is 2.48.